The molecule has 5 radical (unpaired) electrons. The van der Waals surface area contributed by atoms with E-state index in [1.165, 1.54) is 0 Å². The van der Waals surface area contributed by atoms with E-state index < -0.39 is 0 Å². The highest BCUT2D eigenvalue weighted by atomic mass is 16.1. The van der Waals surface area contributed by atoms with E-state index in [-0.39, 0.29) is 11.7 Å². The Bertz CT molecular complexity index is 146. The van der Waals surface area contributed by atoms with Crippen LogP contribution >= 0.6 is 0 Å². The van der Waals surface area contributed by atoms with Crippen LogP contribution in [0.1, 0.15) is 19.3 Å². The van der Waals surface area contributed by atoms with Gasteiger partial charge in [-0.2, -0.15) is 0 Å². The zero-order valence-corrected chi connectivity index (χ0v) is 8.05. The van der Waals surface area contributed by atoms with Gasteiger partial charge in [-0.05, 0) is 26.4 Å². The lowest BCUT2D eigenvalue weighted by molar-refractivity contribution is -0.113. The number of carbonyl (C=O) groups excluding carboxylic acids is 1. The van der Waals surface area contributed by atoms with Crippen molar-refractivity contribution in [3.05, 3.63) is 0 Å². The van der Waals surface area contributed by atoms with Gasteiger partial charge in [-0.1, -0.05) is 6.42 Å². The summed E-state index contributed by atoms with van der Waals surface area (Å²) in [6.45, 7) is 0.775. The molecule has 0 rings (SSSR count). The van der Waals surface area contributed by atoms with Gasteiger partial charge in [-0.25, -0.2) is 0 Å². The zero-order valence-electron chi connectivity index (χ0n) is 8.05. The molecule has 0 bridgehead atoms. The molecule has 67 valence electrons. The molecule has 0 aromatic carbocycles. The van der Waals surface area contributed by atoms with Gasteiger partial charge in [0.2, 0.25) is 0 Å². The maximum absolute atomic E-state index is 11.1. The normalized spacial score (nSPS) is 12.4. The Labute approximate surface area is 83.5 Å². The van der Waals surface area contributed by atoms with Crippen LogP contribution in [0.5, 0.6) is 0 Å². The van der Waals surface area contributed by atoms with Crippen molar-refractivity contribution in [3.63, 3.8) is 0 Å². The minimum absolute atomic E-state index is 0.0526. The van der Waals surface area contributed by atoms with Crippen molar-refractivity contribution < 1.29 is 4.79 Å². The predicted molar refractivity (Wildman–Crippen MR) is 57.0 cm³/mol. The van der Waals surface area contributed by atoms with Crippen molar-refractivity contribution in [2.45, 2.75) is 25.3 Å². The van der Waals surface area contributed by atoms with Crippen LogP contribution in [0.3, 0.4) is 0 Å². The molecular formula is C7H14B3N2O. The van der Waals surface area contributed by atoms with E-state index in [0.29, 0.717) is 0 Å². The summed E-state index contributed by atoms with van der Waals surface area (Å²) < 4.78 is 0. The maximum atomic E-state index is 11.1. The van der Waals surface area contributed by atoms with Crippen LogP contribution < -0.4 is 10.5 Å². The van der Waals surface area contributed by atoms with E-state index in [1.807, 2.05) is 0 Å². The molecule has 6 heteroatoms. The van der Waals surface area contributed by atoms with Gasteiger partial charge in [0.25, 0.3) is 0 Å². The molecule has 0 saturated carbocycles. The topological polar surface area (TPSA) is 41.1 Å². The molecule has 0 aromatic rings. The molecule has 0 fully saturated rings. The first-order valence-electron chi connectivity index (χ1n) is 4.45. The maximum Gasteiger partial charge on any atom is 0.177 e. The second kappa shape index (κ2) is 8.39. The van der Waals surface area contributed by atoms with Crippen LogP contribution in [0.15, 0.2) is 0 Å². The Morgan fingerprint density at radius 2 is 2.23 bits per heavy atom. The summed E-state index contributed by atoms with van der Waals surface area (Å²) in [6, 6.07) is -0.150. The van der Waals surface area contributed by atoms with Gasteiger partial charge < -0.3 is 15.3 Å². The van der Waals surface area contributed by atoms with Gasteiger partial charge in [0.05, 0.1) is 11.7 Å². The van der Waals surface area contributed by atoms with Crippen LogP contribution in [0.4, 0.5) is 0 Å². The van der Waals surface area contributed by atoms with Gasteiger partial charge >= 0.3 is 0 Å². The van der Waals surface area contributed by atoms with E-state index in [4.69, 9.17) is 15.7 Å². The molecule has 0 spiro atoms. The number of carbonyl (C=O) groups is 1. The second-order valence-electron chi connectivity index (χ2n) is 2.86. The molecule has 0 heterocycles. The number of hydrogen-bond acceptors (Lipinski definition) is 3. The predicted octanol–water partition coefficient (Wildman–Crippen LogP) is -1.27. The number of likely N-dealkylation sites (N-methyl/N-ethyl adjacent to an activating group) is 1. The quantitative estimate of drug-likeness (QED) is 0.356. The molecular weight excluding hydrogens is 161 g/mol. The van der Waals surface area contributed by atoms with Crippen molar-refractivity contribution in [2.75, 3.05) is 13.6 Å². The average Bonchev–Trinajstić information content (AvgIpc) is 2.17. The van der Waals surface area contributed by atoms with E-state index in [9.17, 15) is 4.79 Å². The fourth-order valence-electron chi connectivity index (χ4n) is 1.12. The number of nitrogens with one attached hydrogen (secondary N) is 2. The lowest BCUT2D eigenvalue weighted by Gasteiger charge is -2.13. The first-order chi connectivity index (χ1) is 6.26. The summed E-state index contributed by atoms with van der Waals surface area (Å²) in [5.74, 6) is 0. The SMILES string of the molecule is [B][B]C(=O)[C@H](CCCCN[B])NC. The van der Waals surface area contributed by atoms with Gasteiger partial charge in [-0.3, -0.25) is 0 Å². The summed E-state index contributed by atoms with van der Waals surface area (Å²) in [5.41, 5.74) is -0.0526. The van der Waals surface area contributed by atoms with Crippen molar-refractivity contribution in [1.29, 1.82) is 0 Å². The minimum Gasteiger partial charge on any atom is -0.366 e. The molecule has 0 aliphatic rings. The third kappa shape index (κ3) is 5.94. The van der Waals surface area contributed by atoms with Gasteiger partial charge in [0, 0.05) is 7.74 Å². The Kier molecular flexibility index (Phi) is 8.25. The van der Waals surface area contributed by atoms with Crippen molar-refractivity contribution in [1.82, 2.24) is 10.5 Å². The highest BCUT2D eigenvalue weighted by Gasteiger charge is 2.12. The van der Waals surface area contributed by atoms with Gasteiger partial charge in [0.15, 0.2) is 7.98 Å². The Morgan fingerprint density at radius 3 is 2.69 bits per heavy atom. The highest BCUT2D eigenvalue weighted by molar-refractivity contribution is 7.08. The van der Waals surface area contributed by atoms with Crippen molar-refractivity contribution in [2.24, 2.45) is 0 Å². The molecule has 3 nitrogen and oxygen atoms in total. The van der Waals surface area contributed by atoms with Crippen LogP contribution in [0.2, 0.25) is 0 Å². The highest BCUT2D eigenvalue weighted by Crippen LogP contribution is 2.00. The van der Waals surface area contributed by atoms with E-state index in [2.05, 4.69) is 10.5 Å². The monoisotopic (exact) mass is 175 g/mol. The molecule has 0 unspecified atom stereocenters. The smallest absolute Gasteiger partial charge is 0.177 e. The van der Waals surface area contributed by atoms with E-state index >= 15 is 0 Å². The van der Waals surface area contributed by atoms with E-state index in [0.717, 1.165) is 33.0 Å². The fourth-order valence-corrected chi connectivity index (χ4v) is 1.12. The third-order valence-corrected chi connectivity index (χ3v) is 1.92. The second-order valence-corrected chi connectivity index (χ2v) is 2.86. The van der Waals surface area contributed by atoms with Crippen LogP contribution in [0.25, 0.3) is 0 Å². The lowest BCUT2D eigenvalue weighted by atomic mass is 9.51. The van der Waals surface area contributed by atoms with Gasteiger partial charge in [0.1, 0.15) is 7.17 Å². The largest absolute Gasteiger partial charge is 0.366 e. The first-order valence-corrected chi connectivity index (χ1v) is 4.45. The molecule has 13 heavy (non-hydrogen) atoms. The van der Waals surface area contributed by atoms with Crippen molar-refractivity contribution >= 4 is 28.6 Å². The van der Waals surface area contributed by atoms with Crippen LogP contribution in [-0.2, 0) is 4.79 Å². The summed E-state index contributed by atoms with van der Waals surface area (Å²) >= 11 is 0. The van der Waals surface area contributed by atoms with Gasteiger partial charge in [-0.15, -0.1) is 0 Å². The number of rotatable bonds is 8. The molecule has 0 aliphatic heterocycles. The zero-order chi connectivity index (χ0) is 10.1. The number of unbranched alkanes of at least 4 members (excludes halogenated alkanes) is 1. The average molecular weight is 175 g/mol. The van der Waals surface area contributed by atoms with E-state index in [1.54, 1.807) is 7.05 Å². The number of hydrogen-bond donors (Lipinski definition) is 2. The molecule has 0 aliphatic carbocycles. The Balaban J connectivity index is 3.53. The summed E-state index contributed by atoms with van der Waals surface area (Å²) in [7, 11) is 13.1. The molecule has 0 amide bonds. The Morgan fingerprint density at radius 1 is 1.54 bits per heavy atom. The minimum atomic E-state index is -0.150. The molecule has 0 saturated heterocycles. The summed E-state index contributed by atoms with van der Waals surface area (Å²) in [6.07, 6.45) is 2.71. The fraction of sp³-hybridized carbons (Fsp3) is 0.857. The summed E-state index contributed by atoms with van der Waals surface area (Å²) in [5, 5.41) is 5.48. The standard InChI is InChI=1S/C7H14B3N2O/c1-11-6(7(13)10-8)4-2-3-5-12-9/h6,11-12H,2-5H2,1H3/t6-/m0/s1. The van der Waals surface area contributed by atoms with Crippen LogP contribution in [-0.4, -0.2) is 48.2 Å². The summed E-state index contributed by atoms with van der Waals surface area (Å²) in [4.78, 5) is 11.1. The Hall–Kier alpha value is -0.215. The third-order valence-electron chi connectivity index (χ3n) is 1.92. The van der Waals surface area contributed by atoms with Crippen LogP contribution in [0, 0.1) is 0 Å². The lowest BCUT2D eigenvalue weighted by Crippen LogP contribution is -2.37. The molecule has 0 aromatic heterocycles. The van der Waals surface area contributed by atoms with Crippen molar-refractivity contribution in [3.8, 4) is 0 Å². The molecule has 1 atom stereocenters. The first kappa shape index (κ1) is 12.8. The molecule has 2 N–H and O–H groups in total.